The molecule has 1 heterocycles. The van der Waals surface area contributed by atoms with Gasteiger partial charge in [0.1, 0.15) is 5.54 Å². The fourth-order valence-corrected chi connectivity index (χ4v) is 2.36. The van der Waals surface area contributed by atoms with E-state index in [1.54, 1.807) is 6.92 Å². The number of esters is 1. The Kier molecular flexibility index (Phi) is 5.56. The number of carbonyl (C=O) groups excluding carboxylic acids is 1. The van der Waals surface area contributed by atoms with Crippen LogP contribution in [0.4, 0.5) is 0 Å². The normalized spacial score (nSPS) is 13.9. The van der Waals surface area contributed by atoms with Crippen molar-refractivity contribution in [3.63, 3.8) is 0 Å². The fraction of sp³-hybridized carbons (Fsp3) is 0.583. The van der Waals surface area contributed by atoms with E-state index in [4.69, 9.17) is 5.73 Å². The number of nitrogens with two attached hydrogens (primary N) is 1. The lowest BCUT2D eigenvalue weighted by atomic mass is 10.1. The molecule has 1 unspecified atom stereocenters. The predicted octanol–water partition coefficient (Wildman–Crippen LogP) is 0.705. The quantitative estimate of drug-likeness (QED) is 0.454. The first kappa shape index (κ1) is 15.7. The first-order valence-corrected chi connectivity index (χ1v) is 6.98. The van der Waals surface area contributed by atoms with Crippen molar-refractivity contribution in [2.45, 2.75) is 37.4 Å². The topological polar surface area (TPSA) is 98.1 Å². The van der Waals surface area contributed by atoms with Crippen molar-refractivity contribution in [1.29, 1.82) is 0 Å². The molecule has 3 N–H and O–H groups in total. The second kappa shape index (κ2) is 6.72. The van der Waals surface area contributed by atoms with Gasteiger partial charge in [0, 0.05) is 17.5 Å². The zero-order chi connectivity index (χ0) is 14.5. The Morgan fingerprint density at radius 1 is 1.63 bits per heavy atom. The second-order valence-electron chi connectivity index (χ2n) is 4.49. The number of carbonyl (C=O) groups is 1. The number of thioether (sulfide) groups is 1. The summed E-state index contributed by atoms with van der Waals surface area (Å²) in [4.78, 5) is 29.8. The van der Waals surface area contributed by atoms with E-state index in [2.05, 4.69) is 14.7 Å². The number of hydrogen-bond acceptors (Lipinski definition) is 6. The molecule has 7 heteroatoms. The third-order valence-electron chi connectivity index (χ3n) is 2.44. The van der Waals surface area contributed by atoms with Crippen molar-refractivity contribution in [3.05, 3.63) is 22.1 Å². The van der Waals surface area contributed by atoms with Crippen molar-refractivity contribution in [2.24, 2.45) is 5.73 Å². The number of ether oxygens (including phenoxy) is 1. The number of hydrogen-bond donors (Lipinski definition) is 2. The summed E-state index contributed by atoms with van der Waals surface area (Å²) >= 11 is 1.23. The lowest BCUT2D eigenvalue weighted by Gasteiger charge is -2.20. The highest BCUT2D eigenvalue weighted by Gasteiger charge is 2.29. The summed E-state index contributed by atoms with van der Waals surface area (Å²) in [6, 6.07) is 1.48. The lowest BCUT2D eigenvalue weighted by Crippen LogP contribution is -2.48. The minimum Gasteiger partial charge on any atom is -0.468 e. The molecular weight excluding hydrogens is 266 g/mol. The van der Waals surface area contributed by atoms with E-state index < -0.39 is 11.5 Å². The average Bonchev–Trinajstić information content (AvgIpc) is 2.35. The number of H-pyrrole nitrogens is 1. The zero-order valence-electron chi connectivity index (χ0n) is 11.4. The van der Waals surface area contributed by atoms with Crippen LogP contribution >= 0.6 is 11.8 Å². The Hall–Kier alpha value is -1.34. The predicted molar refractivity (Wildman–Crippen MR) is 74.2 cm³/mol. The molecule has 1 aromatic rings. The summed E-state index contributed by atoms with van der Waals surface area (Å²) in [5.74, 6) is -0.217. The highest BCUT2D eigenvalue weighted by Crippen LogP contribution is 2.18. The van der Waals surface area contributed by atoms with E-state index in [0.717, 1.165) is 18.5 Å². The molecule has 0 aromatic carbocycles. The minimum absolute atomic E-state index is 0.197. The summed E-state index contributed by atoms with van der Waals surface area (Å²) in [6.07, 6.45) is 1.66. The Morgan fingerprint density at radius 2 is 2.32 bits per heavy atom. The summed E-state index contributed by atoms with van der Waals surface area (Å²) in [7, 11) is 1.29. The van der Waals surface area contributed by atoms with Crippen molar-refractivity contribution < 1.29 is 9.53 Å². The maximum absolute atomic E-state index is 11.5. The molecule has 1 rings (SSSR count). The van der Waals surface area contributed by atoms with Gasteiger partial charge in [0.25, 0.3) is 5.56 Å². The first-order valence-electron chi connectivity index (χ1n) is 5.99. The van der Waals surface area contributed by atoms with Crippen LogP contribution in [0.2, 0.25) is 0 Å². The van der Waals surface area contributed by atoms with Gasteiger partial charge >= 0.3 is 5.97 Å². The first-order chi connectivity index (χ1) is 8.89. The molecule has 0 radical (unpaired) electrons. The van der Waals surface area contributed by atoms with Crippen LogP contribution in [0.3, 0.4) is 0 Å². The van der Waals surface area contributed by atoms with E-state index in [1.165, 1.54) is 24.9 Å². The molecule has 1 aromatic heterocycles. The molecule has 0 spiro atoms. The van der Waals surface area contributed by atoms with Gasteiger partial charge in [-0.15, -0.1) is 0 Å². The number of aromatic amines is 1. The largest absolute Gasteiger partial charge is 0.468 e. The van der Waals surface area contributed by atoms with Crippen molar-refractivity contribution in [2.75, 3.05) is 12.9 Å². The second-order valence-corrected chi connectivity index (χ2v) is 5.45. The smallest absolute Gasteiger partial charge is 0.326 e. The van der Waals surface area contributed by atoms with Gasteiger partial charge in [-0.3, -0.25) is 9.59 Å². The van der Waals surface area contributed by atoms with E-state index in [9.17, 15) is 9.59 Å². The van der Waals surface area contributed by atoms with Crippen LogP contribution in [0.15, 0.2) is 16.0 Å². The van der Waals surface area contributed by atoms with Gasteiger partial charge in [0.2, 0.25) is 0 Å². The number of nitrogens with one attached hydrogen (secondary N) is 1. The zero-order valence-corrected chi connectivity index (χ0v) is 12.2. The van der Waals surface area contributed by atoms with Gasteiger partial charge in [-0.05, 0) is 13.3 Å². The molecular formula is C12H19N3O3S. The Bertz CT molecular complexity index is 499. The van der Waals surface area contributed by atoms with Crippen molar-refractivity contribution in [1.82, 2.24) is 9.97 Å². The van der Waals surface area contributed by atoms with Gasteiger partial charge in [0.05, 0.1) is 7.11 Å². The maximum Gasteiger partial charge on any atom is 0.326 e. The highest BCUT2D eigenvalue weighted by atomic mass is 32.2. The molecule has 0 saturated heterocycles. The maximum atomic E-state index is 11.5. The molecule has 0 saturated carbocycles. The third kappa shape index (κ3) is 4.68. The van der Waals surface area contributed by atoms with Crippen LogP contribution in [-0.2, 0) is 16.0 Å². The van der Waals surface area contributed by atoms with Crippen LogP contribution in [0.5, 0.6) is 0 Å². The van der Waals surface area contributed by atoms with E-state index in [1.807, 2.05) is 6.92 Å². The number of nitrogens with zero attached hydrogens (tertiary/aromatic N) is 1. The summed E-state index contributed by atoms with van der Waals surface area (Å²) in [6.45, 7) is 3.60. The van der Waals surface area contributed by atoms with Crippen LogP contribution in [0.1, 0.15) is 26.0 Å². The molecule has 19 heavy (non-hydrogen) atoms. The third-order valence-corrected chi connectivity index (χ3v) is 3.65. The monoisotopic (exact) mass is 285 g/mol. The summed E-state index contributed by atoms with van der Waals surface area (Å²) in [5, 5.41) is 0.469. The van der Waals surface area contributed by atoms with Crippen LogP contribution in [0.25, 0.3) is 0 Å². The van der Waals surface area contributed by atoms with E-state index in [-0.39, 0.29) is 11.3 Å². The van der Waals surface area contributed by atoms with E-state index >= 15 is 0 Å². The molecule has 6 nitrogen and oxygen atoms in total. The summed E-state index contributed by atoms with van der Waals surface area (Å²) < 4.78 is 4.62. The molecule has 106 valence electrons. The van der Waals surface area contributed by atoms with Gasteiger partial charge in [-0.25, -0.2) is 4.98 Å². The van der Waals surface area contributed by atoms with Gasteiger partial charge in [-0.2, -0.15) is 0 Å². The fourth-order valence-electron chi connectivity index (χ4n) is 1.45. The van der Waals surface area contributed by atoms with Gasteiger partial charge < -0.3 is 15.5 Å². The number of methoxy groups -OCH3 is 1. The van der Waals surface area contributed by atoms with Crippen molar-refractivity contribution in [3.8, 4) is 0 Å². The molecule has 0 bridgehead atoms. The molecule has 0 aliphatic carbocycles. The summed E-state index contributed by atoms with van der Waals surface area (Å²) in [5.41, 5.74) is 5.27. The molecule has 0 amide bonds. The average molecular weight is 285 g/mol. The highest BCUT2D eigenvalue weighted by molar-refractivity contribution is 7.99. The Morgan fingerprint density at radius 3 is 2.89 bits per heavy atom. The molecule has 1 atom stereocenters. The molecule has 0 aliphatic rings. The van der Waals surface area contributed by atoms with Gasteiger partial charge in [0.15, 0.2) is 5.16 Å². The van der Waals surface area contributed by atoms with Crippen LogP contribution < -0.4 is 11.3 Å². The standard InChI is InChI=1S/C12H19N3O3S/c1-4-5-8-6-9(16)15-11(14-8)19-7-12(2,13)10(17)18-3/h6H,4-5,7,13H2,1-3H3,(H,14,15,16). The van der Waals surface area contributed by atoms with Crippen molar-refractivity contribution >= 4 is 17.7 Å². The number of aryl methyl sites for hydroxylation is 1. The Balaban J connectivity index is 2.77. The number of rotatable bonds is 6. The van der Waals surface area contributed by atoms with Gasteiger partial charge in [-0.1, -0.05) is 25.1 Å². The van der Waals surface area contributed by atoms with Crippen LogP contribution in [-0.4, -0.2) is 34.3 Å². The molecule has 0 fully saturated rings. The minimum atomic E-state index is -1.11. The number of aromatic nitrogens is 2. The Labute approximate surface area is 116 Å². The SMILES string of the molecule is CCCc1cc(=O)[nH]c(SCC(C)(N)C(=O)OC)n1. The van der Waals surface area contributed by atoms with E-state index in [0.29, 0.717) is 5.16 Å². The lowest BCUT2D eigenvalue weighted by molar-refractivity contribution is -0.145. The molecule has 0 aliphatic heterocycles. The van der Waals surface area contributed by atoms with Crippen LogP contribution in [0, 0.1) is 0 Å².